The molecule has 1 aliphatic heterocycles. The molecule has 0 radical (unpaired) electrons. The van der Waals surface area contributed by atoms with Crippen molar-refractivity contribution in [3.8, 4) is 17.0 Å². The van der Waals surface area contributed by atoms with Crippen molar-refractivity contribution in [2.45, 2.75) is 24.7 Å². The molecule has 3 nitrogen and oxygen atoms in total. The molecule has 0 atom stereocenters. The fourth-order valence-corrected chi connectivity index (χ4v) is 3.04. The number of benzene rings is 1. The molecule has 0 unspecified atom stereocenters. The number of aliphatic hydroxyl groups excluding tert-OH is 1. The second-order valence-electron chi connectivity index (χ2n) is 5.76. The van der Waals surface area contributed by atoms with Gasteiger partial charge < -0.3 is 9.84 Å². The second kappa shape index (κ2) is 4.32. The monoisotopic (exact) mass is 267 g/mol. The first-order valence-electron chi connectivity index (χ1n) is 7.15. The van der Waals surface area contributed by atoms with E-state index in [0.29, 0.717) is 0 Å². The minimum atomic E-state index is -0.0660. The lowest BCUT2D eigenvalue weighted by molar-refractivity contribution is 0.255. The van der Waals surface area contributed by atoms with Crippen molar-refractivity contribution in [2.24, 2.45) is 0 Å². The molecule has 102 valence electrons. The van der Waals surface area contributed by atoms with Crippen LogP contribution in [0.1, 0.15) is 24.0 Å². The van der Waals surface area contributed by atoms with Gasteiger partial charge in [0.15, 0.2) is 0 Å². The number of nitrogens with zero attached hydrogens (tertiary/aromatic N) is 1. The lowest BCUT2D eigenvalue weighted by atomic mass is 9.92. The normalized spacial score (nSPS) is 18.4. The summed E-state index contributed by atoms with van der Waals surface area (Å²) in [6, 6.07) is 10.4. The summed E-state index contributed by atoms with van der Waals surface area (Å²) in [5, 5.41) is 9.68. The Morgan fingerprint density at radius 2 is 2.15 bits per heavy atom. The predicted molar refractivity (Wildman–Crippen MR) is 76.9 cm³/mol. The van der Waals surface area contributed by atoms with E-state index >= 15 is 0 Å². The fourth-order valence-electron chi connectivity index (χ4n) is 3.04. The molecule has 0 spiro atoms. The average Bonchev–Trinajstić information content (AvgIpc) is 3.17. The molecule has 1 aromatic carbocycles. The zero-order valence-corrected chi connectivity index (χ0v) is 11.3. The van der Waals surface area contributed by atoms with Gasteiger partial charge in [0.25, 0.3) is 0 Å². The Kier molecular flexibility index (Phi) is 2.57. The molecule has 3 heteroatoms. The maximum absolute atomic E-state index is 9.68. The minimum Gasteiger partial charge on any atom is -0.493 e. The molecule has 0 amide bonds. The van der Waals surface area contributed by atoms with E-state index in [2.05, 4.69) is 29.2 Å². The van der Waals surface area contributed by atoms with E-state index in [1.165, 1.54) is 11.1 Å². The highest BCUT2D eigenvalue weighted by Crippen LogP contribution is 2.50. The first-order chi connectivity index (χ1) is 9.82. The van der Waals surface area contributed by atoms with Crippen molar-refractivity contribution >= 4 is 0 Å². The predicted octanol–water partition coefficient (Wildman–Crippen LogP) is 2.71. The Morgan fingerprint density at radius 1 is 1.25 bits per heavy atom. The van der Waals surface area contributed by atoms with Crippen molar-refractivity contribution in [2.75, 3.05) is 13.2 Å². The number of hydrogen-bond donors (Lipinski definition) is 1. The van der Waals surface area contributed by atoms with Crippen molar-refractivity contribution in [3.05, 3.63) is 47.7 Å². The minimum absolute atomic E-state index is 0.0660. The fraction of sp³-hybridized carbons (Fsp3) is 0.353. The van der Waals surface area contributed by atoms with Crippen LogP contribution in [0.3, 0.4) is 0 Å². The third-order valence-corrected chi connectivity index (χ3v) is 4.50. The third kappa shape index (κ3) is 1.74. The summed E-state index contributed by atoms with van der Waals surface area (Å²) in [5.74, 6) is 0.980. The van der Waals surface area contributed by atoms with E-state index in [1.54, 1.807) is 0 Å². The molecule has 0 saturated heterocycles. The summed E-state index contributed by atoms with van der Waals surface area (Å²) in [6.07, 6.45) is 4.90. The van der Waals surface area contributed by atoms with E-state index in [0.717, 1.165) is 42.9 Å². The Hall–Kier alpha value is -1.87. The van der Waals surface area contributed by atoms with Gasteiger partial charge in [-0.15, -0.1) is 0 Å². The van der Waals surface area contributed by atoms with Crippen LogP contribution in [0.2, 0.25) is 0 Å². The van der Waals surface area contributed by atoms with E-state index in [9.17, 15) is 5.11 Å². The van der Waals surface area contributed by atoms with Gasteiger partial charge in [-0.1, -0.05) is 18.2 Å². The smallest absolute Gasteiger partial charge is 0.123 e. The Labute approximate surface area is 118 Å². The molecular weight excluding hydrogens is 250 g/mol. The Balaban J connectivity index is 1.83. The molecule has 2 aliphatic rings. The van der Waals surface area contributed by atoms with E-state index in [4.69, 9.17) is 4.74 Å². The molecule has 1 fully saturated rings. The largest absolute Gasteiger partial charge is 0.493 e. The molecule has 1 N–H and O–H groups in total. The van der Waals surface area contributed by atoms with E-state index < -0.39 is 0 Å². The van der Waals surface area contributed by atoms with Crippen LogP contribution < -0.4 is 4.74 Å². The first-order valence-corrected chi connectivity index (χ1v) is 7.15. The van der Waals surface area contributed by atoms with Crippen LogP contribution in [0.15, 0.2) is 36.5 Å². The number of pyridine rings is 1. The quantitative estimate of drug-likeness (QED) is 0.929. The van der Waals surface area contributed by atoms with Gasteiger partial charge in [0, 0.05) is 23.6 Å². The Morgan fingerprint density at radius 3 is 2.95 bits per heavy atom. The van der Waals surface area contributed by atoms with Crippen LogP contribution in [0.25, 0.3) is 11.3 Å². The number of aliphatic hydroxyl groups is 1. The van der Waals surface area contributed by atoms with Crippen LogP contribution in [0, 0.1) is 0 Å². The second-order valence-corrected chi connectivity index (χ2v) is 5.76. The lowest BCUT2D eigenvalue weighted by Crippen LogP contribution is -2.13. The van der Waals surface area contributed by atoms with Crippen molar-refractivity contribution in [3.63, 3.8) is 0 Å². The van der Waals surface area contributed by atoms with Gasteiger partial charge in [0.1, 0.15) is 5.75 Å². The number of ether oxygens (including phenoxy) is 1. The third-order valence-electron chi connectivity index (χ3n) is 4.50. The van der Waals surface area contributed by atoms with Crippen LogP contribution in [0.4, 0.5) is 0 Å². The molecule has 1 saturated carbocycles. The molecule has 2 aromatic rings. The molecule has 1 aliphatic carbocycles. The molecular formula is C17H17NO2. The summed E-state index contributed by atoms with van der Waals surface area (Å²) in [7, 11) is 0. The topological polar surface area (TPSA) is 42.4 Å². The van der Waals surface area contributed by atoms with Gasteiger partial charge in [-0.25, -0.2) is 0 Å². The van der Waals surface area contributed by atoms with Crippen LogP contribution in [-0.4, -0.2) is 23.3 Å². The van der Waals surface area contributed by atoms with Gasteiger partial charge in [0.2, 0.25) is 0 Å². The van der Waals surface area contributed by atoms with Crippen LogP contribution in [0.5, 0.6) is 5.75 Å². The highest BCUT2D eigenvalue weighted by Gasteiger charge is 2.45. The number of aromatic nitrogens is 1. The van der Waals surface area contributed by atoms with Crippen LogP contribution in [-0.2, 0) is 11.8 Å². The maximum Gasteiger partial charge on any atom is 0.123 e. The SMILES string of the molecule is OCC1(c2cccnc2-c2ccc3c(c2)OCC3)CC1. The molecule has 0 bridgehead atoms. The van der Waals surface area contributed by atoms with Crippen molar-refractivity contribution < 1.29 is 9.84 Å². The highest BCUT2D eigenvalue weighted by molar-refractivity contribution is 5.68. The molecule has 20 heavy (non-hydrogen) atoms. The number of hydrogen-bond acceptors (Lipinski definition) is 3. The first kappa shape index (κ1) is 11.9. The van der Waals surface area contributed by atoms with Gasteiger partial charge in [0.05, 0.1) is 18.9 Å². The summed E-state index contributed by atoms with van der Waals surface area (Å²) < 4.78 is 5.65. The van der Waals surface area contributed by atoms with E-state index in [-0.39, 0.29) is 12.0 Å². The highest BCUT2D eigenvalue weighted by atomic mass is 16.5. The van der Waals surface area contributed by atoms with Gasteiger partial charge >= 0.3 is 0 Å². The van der Waals surface area contributed by atoms with Crippen molar-refractivity contribution in [1.29, 1.82) is 0 Å². The van der Waals surface area contributed by atoms with Crippen LogP contribution >= 0.6 is 0 Å². The number of fused-ring (bicyclic) bond motifs is 1. The summed E-state index contributed by atoms with van der Waals surface area (Å²) in [6.45, 7) is 0.974. The molecule has 1 aromatic heterocycles. The lowest BCUT2D eigenvalue weighted by Gasteiger charge is -2.16. The zero-order valence-electron chi connectivity index (χ0n) is 11.3. The van der Waals surface area contributed by atoms with Crippen molar-refractivity contribution in [1.82, 2.24) is 4.98 Å². The van der Waals surface area contributed by atoms with E-state index in [1.807, 2.05) is 12.3 Å². The molecule has 2 heterocycles. The van der Waals surface area contributed by atoms with Gasteiger partial charge in [-0.2, -0.15) is 0 Å². The van der Waals surface area contributed by atoms with Gasteiger partial charge in [-0.3, -0.25) is 4.98 Å². The summed E-state index contributed by atoms with van der Waals surface area (Å²) in [5.41, 5.74) is 4.44. The van der Waals surface area contributed by atoms with Gasteiger partial charge in [-0.05, 0) is 36.1 Å². The zero-order chi connectivity index (χ0) is 13.6. The number of rotatable bonds is 3. The molecule has 4 rings (SSSR count). The standard InChI is InChI=1S/C17H17NO2/c19-11-17(6-7-17)14-2-1-8-18-16(14)13-4-3-12-5-9-20-15(12)10-13/h1-4,8,10,19H,5-7,9,11H2. The average molecular weight is 267 g/mol. The maximum atomic E-state index is 9.68. The summed E-state index contributed by atoms with van der Waals surface area (Å²) >= 11 is 0. The Bertz CT molecular complexity index is 662. The summed E-state index contributed by atoms with van der Waals surface area (Å²) in [4.78, 5) is 4.56.